The van der Waals surface area contributed by atoms with E-state index in [1.165, 1.54) is 0 Å². The van der Waals surface area contributed by atoms with Crippen LogP contribution in [0.4, 0.5) is 13.2 Å². The summed E-state index contributed by atoms with van der Waals surface area (Å²) in [6, 6.07) is 1.89. The number of alkyl halides is 3. The average Bonchev–Trinajstić information content (AvgIpc) is 2.01. The molecule has 0 saturated heterocycles. The molecule has 1 nitrogen and oxygen atoms in total. The molecule has 0 aliphatic carbocycles. The van der Waals surface area contributed by atoms with Gasteiger partial charge in [-0.1, -0.05) is 23.2 Å². The second kappa shape index (κ2) is 3.96. The third-order valence-electron chi connectivity index (χ3n) is 1.62. The summed E-state index contributed by atoms with van der Waals surface area (Å²) >= 11 is 10.9. The second-order valence-corrected chi connectivity index (χ2v) is 3.41. The molecule has 14 heavy (non-hydrogen) atoms. The van der Waals surface area contributed by atoms with E-state index in [-0.39, 0.29) is 15.6 Å². The van der Waals surface area contributed by atoms with Crippen LogP contribution in [0.15, 0.2) is 12.1 Å². The lowest BCUT2D eigenvalue weighted by Crippen LogP contribution is -2.09. The molecular weight excluding hydrogens is 240 g/mol. The van der Waals surface area contributed by atoms with Crippen LogP contribution in [0.25, 0.3) is 0 Å². The van der Waals surface area contributed by atoms with Gasteiger partial charge < -0.3 is 5.11 Å². The van der Waals surface area contributed by atoms with Gasteiger partial charge in [-0.3, -0.25) is 0 Å². The standard InChI is InChI=1S/C8H5Cl2F3O/c9-4-1-6(8(11,12)13)5(3-14)7(10)2-4/h1-2,14H,3H2. The Morgan fingerprint density at radius 3 is 2.21 bits per heavy atom. The number of halogens is 5. The van der Waals surface area contributed by atoms with Crippen molar-refractivity contribution in [3.05, 3.63) is 33.3 Å². The van der Waals surface area contributed by atoms with Crippen molar-refractivity contribution < 1.29 is 18.3 Å². The van der Waals surface area contributed by atoms with Gasteiger partial charge in [-0.05, 0) is 12.1 Å². The molecule has 1 aromatic rings. The topological polar surface area (TPSA) is 20.2 Å². The van der Waals surface area contributed by atoms with Gasteiger partial charge in [0.05, 0.1) is 12.2 Å². The van der Waals surface area contributed by atoms with Crippen LogP contribution >= 0.6 is 23.2 Å². The summed E-state index contributed by atoms with van der Waals surface area (Å²) in [5.41, 5.74) is -1.36. The molecule has 0 spiro atoms. The molecule has 0 heterocycles. The van der Waals surface area contributed by atoms with E-state index in [0.717, 1.165) is 12.1 Å². The van der Waals surface area contributed by atoms with Crippen molar-refractivity contribution in [1.82, 2.24) is 0 Å². The van der Waals surface area contributed by atoms with Gasteiger partial charge in [0.2, 0.25) is 0 Å². The van der Waals surface area contributed by atoms with Crippen molar-refractivity contribution in [2.45, 2.75) is 12.8 Å². The predicted molar refractivity (Wildman–Crippen MR) is 47.4 cm³/mol. The van der Waals surface area contributed by atoms with Gasteiger partial charge >= 0.3 is 6.18 Å². The lowest BCUT2D eigenvalue weighted by molar-refractivity contribution is -0.138. The first kappa shape index (κ1) is 11.6. The maximum Gasteiger partial charge on any atom is 0.416 e. The molecule has 0 atom stereocenters. The molecule has 0 unspecified atom stereocenters. The Morgan fingerprint density at radius 1 is 1.21 bits per heavy atom. The average molecular weight is 245 g/mol. The fourth-order valence-corrected chi connectivity index (χ4v) is 1.57. The molecular formula is C8H5Cl2F3O. The van der Waals surface area contributed by atoms with E-state index in [1.807, 2.05) is 0 Å². The highest BCUT2D eigenvalue weighted by Crippen LogP contribution is 2.37. The Kier molecular flexibility index (Phi) is 3.29. The highest BCUT2D eigenvalue weighted by Gasteiger charge is 2.34. The summed E-state index contributed by atoms with van der Waals surface area (Å²) in [5.74, 6) is 0. The van der Waals surface area contributed by atoms with E-state index >= 15 is 0 Å². The largest absolute Gasteiger partial charge is 0.416 e. The van der Waals surface area contributed by atoms with Crippen LogP contribution < -0.4 is 0 Å². The summed E-state index contributed by atoms with van der Waals surface area (Å²) in [5, 5.41) is 8.43. The number of rotatable bonds is 1. The Hall–Kier alpha value is -0.450. The molecule has 0 aromatic heterocycles. The summed E-state index contributed by atoms with van der Waals surface area (Å²) in [7, 11) is 0. The van der Waals surface area contributed by atoms with Crippen LogP contribution in [0, 0.1) is 0 Å². The van der Waals surface area contributed by atoms with Crippen molar-refractivity contribution in [2.24, 2.45) is 0 Å². The molecule has 0 bridgehead atoms. The maximum atomic E-state index is 12.4. The van der Waals surface area contributed by atoms with E-state index in [9.17, 15) is 13.2 Å². The molecule has 1 aromatic carbocycles. The number of aliphatic hydroxyl groups is 1. The van der Waals surface area contributed by atoms with Crippen molar-refractivity contribution in [3.8, 4) is 0 Å². The number of hydrogen-bond donors (Lipinski definition) is 1. The predicted octanol–water partition coefficient (Wildman–Crippen LogP) is 3.50. The van der Waals surface area contributed by atoms with Crippen LogP contribution in [0.5, 0.6) is 0 Å². The van der Waals surface area contributed by atoms with Crippen LogP contribution in [-0.4, -0.2) is 5.11 Å². The van der Waals surface area contributed by atoms with Crippen LogP contribution in [0.2, 0.25) is 10.0 Å². The van der Waals surface area contributed by atoms with Gasteiger partial charge in [0.15, 0.2) is 0 Å². The minimum atomic E-state index is -4.56. The Morgan fingerprint density at radius 2 is 1.79 bits per heavy atom. The molecule has 0 radical (unpaired) electrons. The quantitative estimate of drug-likeness (QED) is 0.802. The zero-order valence-corrected chi connectivity index (χ0v) is 8.21. The fraction of sp³-hybridized carbons (Fsp3) is 0.250. The maximum absolute atomic E-state index is 12.4. The number of aliphatic hydroxyl groups excluding tert-OH is 1. The van der Waals surface area contributed by atoms with Gasteiger partial charge in [0.25, 0.3) is 0 Å². The minimum absolute atomic E-state index is 0.112. The molecule has 6 heteroatoms. The SMILES string of the molecule is OCc1c(Cl)cc(Cl)cc1C(F)(F)F. The molecule has 78 valence electrons. The van der Waals surface area contributed by atoms with Gasteiger partial charge in [-0.2, -0.15) is 13.2 Å². The molecule has 1 N–H and O–H groups in total. The van der Waals surface area contributed by atoms with Crippen LogP contribution in [0.1, 0.15) is 11.1 Å². The molecule has 0 saturated carbocycles. The normalized spacial score (nSPS) is 11.9. The zero-order chi connectivity index (χ0) is 10.9. The van der Waals surface area contributed by atoms with Gasteiger partial charge in [-0.25, -0.2) is 0 Å². The Balaban J connectivity index is 3.40. The molecule has 0 aliphatic rings. The van der Waals surface area contributed by atoms with E-state index < -0.39 is 18.3 Å². The summed E-state index contributed by atoms with van der Waals surface area (Å²) in [4.78, 5) is 0. The van der Waals surface area contributed by atoms with Crippen molar-refractivity contribution in [1.29, 1.82) is 0 Å². The third-order valence-corrected chi connectivity index (χ3v) is 2.18. The third kappa shape index (κ3) is 2.32. The van der Waals surface area contributed by atoms with Crippen molar-refractivity contribution in [2.75, 3.05) is 0 Å². The van der Waals surface area contributed by atoms with E-state index in [4.69, 9.17) is 28.3 Å². The highest BCUT2D eigenvalue weighted by molar-refractivity contribution is 6.35. The monoisotopic (exact) mass is 244 g/mol. The van der Waals surface area contributed by atoms with Crippen LogP contribution in [0.3, 0.4) is 0 Å². The smallest absolute Gasteiger partial charge is 0.392 e. The summed E-state index contributed by atoms with van der Waals surface area (Å²) < 4.78 is 37.1. The zero-order valence-electron chi connectivity index (χ0n) is 6.70. The van der Waals surface area contributed by atoms with Gasteiger partial charge in [0, 0.05) is 15.6 Å². The first-order valence-corrected chi connectivity index (χ1v) is 4.28. The number of benzene rings is 1. The first-order chi connectivity index (χ1) is 6.36. The van der Waals surface area contributed by atoms with Gasteiger partial charge in [0.1, 0.15) is 0 Å². The molecule has 0 amide bonds. The summed E-state index contributed by atoms with van der Waals surface area (Å²) in [6.07, 6.45) is -4.56. The lowest BCUT2D eigenvalue weighted by atomic mass is 10.1. The van der Waals surface area contributed by atoms with E-state index in [1.54, 1.807) is 0 Å². The van der Waals surface area contributed by atoms with E-state index in [2.05, 4.69) is 0 Å². The van der Waals surface area contributed by atoms with Crippen molar-refractivity contribution >= 4 is 23.2 Å². The first-order valence-electron chi connectivity index (χ1n) is 3.52. The Bertz CT molecular complexity index is 349. The second-order valence-electron chi connectivity index (χ2n) is 2.57. The lowest BCUT2D eigenvalue weighted by Gasteiger charge is -2.12. The summed E-state index contributed by atoms with van der Waals surface area (Å²) in [6.45, 7) is -0.773. The molecule has 0 aliphatic heterocycles. The minimum Gasteiger partial charge on any atom is -0.392 e. The van der Waals surface area contributed by atoms with Crippen molar-refractivity contribution in [3.63, 3.8) is 0 Å². The highest BCUT2D eigenvalue weighted by atomic mass is 35.5. The number of hydrogen-bond acceptors (Lipinski definition) is 1. The Labute approximate surface area is 88.1 Å². The van der Waals surface area contributed by atoms with E-state index in [0.29, 0.717) is 0 Å². The molecule has 0 fully saturated rings. The fourth-order valence-electron chi connectivity index (χ4n) is 1.02. The molecule has 1 rings (SSSR count). The van der Waals surface area contributed by atoms with Crippen LogP contribution in [-0.2, 0) is 12.8 Å². The van der Waals surface area contributed by atoms with Gasteiger partial charge in [-0.15, -0.1) is 0 Å².